The predicted molar refractivity (Wildman–Crippen MR) is 107 cm³/mol. The second-order valence-corrected chi connectivity index (χ2v) is 13.6. The van der Waals surface area contributed by atoms with Crippen molar-refractivity contribution in [2.75, 3.05) is 39.3 Å². The van der Waals surface area contributed by atoms with Gasteiger partial charge in [-0.05, 0) is 23.7 Å². The van der Waals surface area contributed by atoms with E-state index in [9.17, 15) is 5.11 Å². The Hall–Kier alpha value is -0.723. The van der Waals surface area contributed by atoms with Gasteiger partial charge in [0.15, 0.2) is 8.32 Å². The van der Waals surface area contributed by atoms with E-state index in [0.717, 1.165) is 32.7 Å². The molecule has 0 radical (unpaired) electrons. The van der Waals surface area contributed by atoms with Crippen LogP contribution >= 0.6 is 0 Å². The molecule has 1 heterocycles. The smallest absolute Gasteiger partial charge is 0.192 e. The molecular formula is C20H36N2O2Si. The third kappa shape index (κ3) is 6.50. The summed E-state index contributed by atoms with van der Waals surface area (Å²) in [5.74, 6) is 0. The van der Waals surface area contributed by atoms with Crippen LogP contribution in [0.3, 0.4) is 0 Å². The summed E-state index contributed by atoms with van der Waals surface area (Å²) in [5, 5.41) is 10.6. The van der Waals surface area contributed by atoms with Gasteiger partial charge in [-0.3, -0.25) is 9.80 Å². The molecule has 1 aliphatic heterocycles. The molecule has 1 fully saturated rings. The SMILES string of the molecule is CC(C)(C)[Si](C)(C)OCC(O)CN1CCN(Cc2ccccc2)CC1. The van der Waals surface area contributed by atoms with Crippen LogP contribution in [-0.4, -0.2) is 68.7 Å². The molecule has 1 aromatic rings. The van der Waals surface area contributed by atoms with E-state index in [4.69, 9.17) is 4.43 Å². The van der Waals surface area contributed by atoms with Gasteiger partial charge in [0.1, 0.15) is 0 Å². The van der Waals surface area contributed by atoms with Gasteiger partial charge in [-0.1, -0.05) is 51.1 Å². The third-order valence-corrected chi connectivity index (χ3v) is 10.1. The van der Waals surface area contributed by atoms with Crippen molar-refractivity contribution in [2.24, 2.45) is 0 Å². The van der Waals surface area contributed by atoms with Crippen LogP contribution in [0.15, 0.2) is 30.3 Å². The Labute approximate surface area is 154 Å². The number of rotatable bonds is 7. The quantitative estimate of drug-likeness (QED) is 0.754. The van der Waals surface area contributed by atoms with Crippen molar-refractivity contribution in [1.29, 1.82) is 0 Å². The Morgan fingerprint density at radius 3 is 2.16 bits per heavy atom. The Kier molecular flexibility index (Phi) is 7.23. The predicted octanol–water partition coefficient (Wildman–Crippen LogP) is 3.19. The highest BCUT2D eigenvalue weighted by Gasteiger charge is 2.37. The summed E-state index contributed by atoms with van der Waals surface area (Å²) >= 11 is 0. The fourth-order valence-electron chi connectivity index (χ4n) is 2.84. The molecule has 0 aromatic heterocycles. The minimum atomic E-state index is -1.77. The third-order valence-electron chi connectivity index (χ3n) is 5.63. The molecule has 0 amide bonds. The first kappa shape index (κ1) is 20.6. The monoisotopic (exact) mass is 364 g/mol. The normalized spacial score (nSPS) is 19.1. The maximum Gasteiger partial charge on any atom is 0.192 e. The fourth-order valence-corrected chi connectivity index (χ4v) is 3.89. The van der Waals surface area contributed by atoms with Crippen molar-refractivity contribution in [3.63, 3.8) is 0 Å². The molecule has 1 aromatic carbocycles. The fraction of sp³-hybridized carbons (Fsp3) is 0.700. The van der Waals surface area contributed by atoms with E-state index >= 15 is 0 Å². The number of hydrogen-bond acceptors (Lipinski definition) is 4. The summed E-state index contributed by atoms with van der Waals surface area (Å²) in [4.78, 5) is 4.85. The lowest BCUT2D eigenvalue weighted by atomic mass is 10.2. The lowest BCUT2D eigenvalue weighted by Crippen LogP contribution is -2.49. The number of hydrogen-bond donors (Lipinski definition) is 1. The molecule has 1 unspecified atom stereocenters. The standard InChI is InChI=1S/C20H36N2O2Si/c1-20(2,3)25(4,5)24-17-19(23)16-22-13-11-21(12-14-22)15-18-9-7-6-8-10-18/h6-10,19,23H,11-17H2,1-5H3. The highest BCUT2D eigenvalue weighted by Crippen LogP contribution is 2.36. The van der Waals surface area contributed by atoms with Crippen LogP contribution in [0, 0.1) is 0 Å². The maximum atomic E-state index is 10.4. The van der Waals surface area contributed by atoms with Crippen LogP contribution in [0.5, 0.6) is 0 Å². The van der Waals surface area contributed by atoms with Gasteiger partial charge < -0.3 is 9.53 Å². The molecular weight excluding hydrogens is 328 g/mol. The summed E-state index contributed by atoms with van der Waals surface area (Å²) in [6.07, 6.45) is -0.394. The number of aliphatic hydroxyl groups is 1. The van der Waals surface area contributed by atoms with Crippen molar-refractivity contribution in [2.45, 2.75) is 51.6 Å². The second-order valence-electron chi connectivity index (χ2n) is 8.79. The summed E-state index contributed by atoms with van der Waals surface area (Å²) < 4.78 is 6.15. The first-order valence-electron chi connectivity index (χ1n) is 9.48. The largest absolute Gasteiger partial charge is 0.414 e. The van der Waals surface area contributed by atoms with Crippen LogP contribution in [-0.2, 0) is 11.0 Å². The highest BCUT2D eigenvalue weighted by molar-refractivity contribution is 6.74. The first-order chi connectivity index (χ1) is 11.7. The Morgan fingerprint density at radius 1 is 1.04 bits per heavy atom. The van der Waals surface area contributed by atoms with Crippen LogP contribution < -0.4 is 0 Å². The second kappa shape index (κ2) is 8.78. The molecule has 0 spiro atoms. The van der Waals surface area contributed by atoms with E-state index in [0.29, 0.717) is 13.2 Å². The van der Waals surface area contributed by atoms with Crippen molar-refractivity contribution in [1.82, 2.24) is 9.80 Å². The first-order valence-corrected chi connectivity index (χ1v) is 12.4. The molecule has 1 N–H and O–H groups in total. The lowest BCUT2D eigenvalue weighted by molar-refractivity contribution is 0.0412. The minimum absolute atomic E-state index is 0.190. The molecule has 142 valence electrons. The molecule has 0 saturated carbocycles. The molecule has 1 aliphatic rings. The molecule has 25 heavy (non-hydrogen) atoms. The van der Waals surface area contributed by atoms with Crippen molar-refractivity contribution >= 4 is 8.32 Å². The maximum absolute atomic E-state index is 10.4. The van der Waals surface area contributed by atoms with Gasteiger partial charge in [-0.15, -0.1) is 0 Å². The molecule has 1 atom stereocenters. The molecule has 0 bridgehead atoms. The Morgan fingerprint density at radius 2 is 1.60 bits per heavy atom. The zero-order valence-corrected chi connectivity index (χ0v) is 17.7. The summed E-state index contributed by atoms with van der Waals surface area (Å²) in [7, 11) is -1.77. The number of piperazine rings is 1. The van der Waals surface area contributed by atoms with Gasteiger partial charge in [0, 0.05) is 39.3 Å². The zero-order valence-electron chi connectivity index (χ0n) is 16.7. The van der Waals surface area contributed by atoms with Crippen LogP contribution in [0.1, 0.15) is 26.3 Å². The van der Waals surface area contributed by atoms with Crippen LogP contribution in [0.25, 0.3) is 0 Å². The van der Waals surface area contributed by atoms with Crippen LogP contribution in [0.4, 0.5) is 0 Å². The Balaban J connectivity index is 1.69. The summed E-state index contributed by atoms with van der Waals surface area (Å²) in [6.45, 7) is 17.5. The van der Waals surface area contributed by atoms with Gasteiger partial charge in [0.25, 0.3) is 0 Å². The van der Waals surface area contributed by atoms with E-state index in [2.05, 4.69) is 74.0 Å². The molecule has 1 saturated heterocycles. The Bertz CT molecular complexity index is 508. The van der Waals surface area contributed by atoms with Gasteiger partial charge in [0.2, 0.25) is 0 Å². The zero-order chi connectivity index (χ0) is 18.5. The molecule has 5 heteroatoms. The van der Waals surface area contributed by atoms with Crippen LogP contribution in [0.2, 0.25) is 18.1 Å². The molecule has 0 aliphatic carbocycles. The summed E-state index contributed by atoms with van der Waals surface area (Å²) in [6, 6.07) is 10.6. The van der Waals surface area contributed by atoms with Crippen molar-refractivity contribution in [3.8, 4) is 0 Å². The number of aliphatic hydroxyl groups excluding tert-OH is 1. The van der Waals surface area contributed by atoms with E-state index in [1.807, 2.05) is 0 Å². The number of β-amino-alcohol motifs (C(OH)–C–C–N with tert-alkyl or cyclic N) is 1. The van der Waals surface area contributed by atoms with Gasteiger partial charge in [-0.2, -0.15) is 0 Å². The van der Waals surface area contributed by atoms with E-state index in [-0.39, 0.29) is 5.04 Å². The van der Waals surface area contributed by atoms with Gasteiger partial charge >= 0.3 is 0 Å². The summed E-state index contributed by atoms with van der Waals surface area (Å²) in [5.41, 5.74) is 1.37. The average molecular weight is 365 g/mol. The van der Waals surface area contributed by atoms with Crippen molar-refractivity contribution in [3.05, 3.63) is 35.9 Å². The average Bonchev–Trinajstić information content (AvgIpc) is 2.55. The lowest BCUT2D eigenvalue weighted by Gasteiger charge is -2.38. The van der Waals surface area contributed by atoms with E-state index < -0.39 is 14.4 Å². The van der Waals surface area contributed by atoms with E-state index in [1.165, 1.54) is 5.56 Å². The molecule has 4 nitrogen and oxygen atoms in total. The minimum Gasteiger partial charge on any atom is -0.414 e. The van der Waals surface area contributed by atoms with Crippen molar-refractivity contribution < 1.29 is 9.53 Å². The highest BCUT2D eigenvalue weighted by atomic mass is 28.4. The topological polar surface area (TPSA) is 35.9 Å². The van der Waals surface area contributed by atoms with E-state index in [1.54, 1.807) is 0 Å². The molecule has 2 rings (SSSR count). The van der Waals surface area contributed by atoms with Gasteiger partial charge in [-0.25, -0.2) is 0 Å². The number of benzene rings is 1. The van der Waals surface area contributed by atoms with Gasteiger partial charge in [0.05, 0.1) is 12.7 Å². The number of nitrogens with zero attached hydrogens (tertiary/aromatic N) is 2.